The van der Waals surface area contributed by atoms with Crippen LogP contribution in [0.25, 0.3) is 0 Å². The summed E-state index contributed by atoms with van der Waals surface area (Å²) in [5, 5.41) is 0. The first-order valence-electron chi connectivity index (χ1n) is 13.6. The van der Waals surface area contributed by atoms with Crippen molar-refractivity contribution in [2.45, 2.75) is 98.3 Å². The number of hydrogen-bond acceptors (Lipinski definition) is 3. The van der Waals surface area contributed by atoms with Crippen molar-refractivity contribution in [3.05, 3.63) is 90.0 Å². The molecule has 0 spiro atoms. The van der Waals surface area contributed by atoms with E-state index < -0.39 is 15.6 Å². The lowest BCUT2D eigenvalue weighted by Crippen LogP contribution is -2.21. The summed E-state index contributed by atoms with van der Waals surface area (Å²) in [7, 11) is -6.14. The standard InChI is InChI=1S/C30H39S.CHF3O3S/c1-3-5-7-10-14-26-18-22-29(23-19-26)31(28-16-12-9-13-17-28)30-24-20-27(21-25-30)15-11-8-6-4-2;2-1(3,4)8(5,6)7/h9,12-13,16-25H,3-8,10-11,14-15H2,1-2H3;(H,5,6,7)/q+1;/p-1. The van der Waals surface area contributed by atoms with Crippen molar-refractivity contribution < 1.29 is 26.1 Å². The minimum absolute atomic E-state index is 0.0487. The van der Waals surface area contributed by atoms with Crippen molar-refractivity contribution >= 4 is 21.0 Å². The van der Waals surface area contributed by atoms with Gasteiger partial charge in [0.15, 0.2) is 24.8 Å². The Labute approximate surface area is 235 Å². The summed E-state index contributed by atoms with van der Waals surface area (Å²) in [5.74, 6) is 0. The third kappa shape index (κ3) is 11.8. The summed E-state index contributed by atoms with van der Waals surface area (Å²) in [6.07, 6.45) is 13.0. The van der Waals surface area contributed by atoms with E-state index in [4.69, 9.17) is 13.0 Å². The molecule has 0 saturated carbocycles. The molecule has 0 fully saturated rings. The summed E-state index contributed by atoms with van der Waals surface area (Å²) >= 11 is 0. The fourth-order valence-electron chi connectivity index (χ4n) is 4.06. The van der Waals surface area contributed by atoms with Crippen molar-refractivity contribution in [1.82, 2.24) is 0 Å². The van der Waals surface area contributed by atoms with Crippen molar-refractivity contribution in [1.29, 1.82) is 0 Å². The van der Waals surface area contributed by atoms with E-state index in [9.17, 15) is 13.2 Å². The molecule has 0 radical (unpaired) electrons. The van der Waals surface area contributed by atoms with Crippen LogP contribution in [0.15, 0.2) is 93.5 Å². The fourth-order valence-corrected chi connectivity index (χ4v) is 6.12. The maximum Gasteiger partial charge on any atom is 0.485 e. The van der Waals surface area contributed by atoms with E-state index in [1.807, 2.05) is 0 Å². The van der Waals surface area contributed by atoms with E-state index in [2.05, 4.69) is 92.7 Å². The number of hydrogen-bond donors (Lipinski definition) is 0. The summed E-state index contributed by atoms with van der Waals surface area (Å²) in [5.41, 5.74) is -2.70. The van der Waals surface area contributed by atoms with Crippen LogP contribution in [0.1, 0.15) is 76.3 Å². The van der Waals surface area contributed by atoms with Gasteiger partial charge in [0, 0.05) is 0 Å². The van der Waals surface area contributed by atoms with Gasteiger partial charge in [-0.2, -0.15) is 13.2 Å². The molecule has 3 rings (SSSR count). The molecular formula is C31H39F3O3S2. The first kappa shape index (κ1) is 32.9. The predicted octanol–water partition coefficient (Wildman–Crippen LogP) is 9.08. The van der Waals surface area contributed by atoms with Gasteiger partial charge in [0.05, 0.1) is 10.9 Å². The summed E-state index contributed by atoms with van der Waals surface area (Å²) < 4.78 is 58.9. The van der Waals surface area contributed by atoms with Gasteiger partial charge >= 0.3 is 5.51 Å². The second-order valence-electron chi connectivity index (χ2n) is 9.43. The van der Waals surface area contributed by atoms with Crippen molar-refractivity contribution in [2.75, 3.05) is 0 Å². The highest BCUT2D eigenvalue weighted by atomic mass is 32.2. The Morgan fingerprint density at radius 2 is 0.974 bits per heavy atom. The fraction of sp³-hybridized carbons (Fsp3) is 0.419. The second kappa shape index (κ2) is 16.7. The zero-order valence-electron chi connectivity index (χ0n) is 22.8. The van der Waals surface area contributed by atoms with E-state index in [0.717, 1.165) is 0 Å². The van der Waals surface area contributed by atoms with Crippen LogP contribution >= 0.6 is 0 Å². The van der Waals surface area contributed by atoms with Crippen LogP contribution in [-0.4, -0.2) is 18.5 Å². The molecule has 3 aromatic rings. The average molecular weight is 581 g/mol. The lowest BCUT2D eigenvalue weighted by molar-refractivity contribution is -0.0517. The highest BCUT2D eigenvalue weighted by Crippen LogP contribution is 2.32. The normalized spacial score (nSPS) is 11.8. The van der Waals surface area contributed by atoms with E-state index >= 15 is 0 Å². The van der Waals surface area contributed by atoms with Crippen LogP contribution in [0.2, 0.25) is 0 Å². The lowest BCUT2D eigenvalue weighted by atomic mass is 10.1. The average Bonchev–Trinajstić information content (AvgIpc) is 2.91. The monoisotopic (exact) mass is 580 g/mol. The Hall–Kier alpha value is -2.29. The van der Waals surface area contributed by atoms with Gasteiger partial charge in [-0.15, -0.1) is 0 Å². The molecule has 0 amide bonds. The minimum Gasteiger partial charge on any atom is -0.741 e. The quantitative estimate of drug-likeness (QED) is 0.0877. The molecule has 0 unspecified atom stereocenters. The van der Waals surface area contributed by atoms with Gasteiger partial charge in [-0.25, -0.2) is 8.42 Å². The zero-order valence-corrected chi connectivity index (χ0v) is 24.4. The first-order valence-corrected chi connectivity index (χ1v) is 16.2. The molecule has 0 saturated heterocycles. The molecule has 0 aliphatic rings. The van der Waals surface area contributed by atoms with Gasteiger partial charge < -0.3 is 4.55 Å². The Balaban J connectivity index is 0.000000580. The molecule has 0 aromatic heterocycles. The van der Waals surface area contributed by atoms with Crippen molar-refractivity contribution in [3.8, 4) is 0 Å². The third-order valence-corrected chi connectivity index (χ3v) is 9.02. The molecule has 0 heterocycles. The summed E-state index contributed by atoms with van der Waals surface area (Å²) in [6, 6.07) is 29.9. The Morgan fingerprint density at radius 1 is 0.615 bits per heavy atom. The molecular weight excluding hydrogens is 541 g/mol. The summed E-state index contributed by atoms with van der Waals surface area (Å²) in [6.45, 7) is 4.55. The molecule has 0 N–H and O–H groups in total. The Kier molecular flexibility index (Phi) is 14.1. The van der Waals surface area contributed by atoms with Crippen LogP contribution < -0.4 is 0 Å². The summed E-state index contributed by atoms with van der Waals surface area (Å²) in [4.78, 5) is 4.23. The smallest absolute Gasteiger partial charge is 0.485 e. The number of alkyl halides is 3. The lowest BCUT2D eigenvalue weighted by Gasteiger charge is -2.10. The Bertz CT molecular complexity index is 1120. The van der Waals surface area contributed by atoms with Crippen LogP contribution in [0, 0.1) is 0 Å². The van der Waals surface area contributed by atoms with Crippen LogP contribution in [0.3, 0.4) is 0 Å². The van der Waals surface area contributed by atoms with E-state index in [1.165, 1.54) is 90.0 Å². The number of unbranched alkanes of at least 4 members (excludes halogenated alkanes) is 6. The number of rotatable bonds is 13. The van der Waals surface area contributed by atoms with E-state index in [0.29, 0.717) is 0 Å². The van der Waals surface area contributed by atoms with E-state index in [-0.39, 0.29) is 10.9 Å². The predicted molar refractivity (Wildman–Crippen MR) is 153 cm³/mol. The highest BCUT2D eigenvalue weighted by Gasteiger charge is 2.37. The molecule has 3 aromatic carbocycles. The molecule has 3 nitrogen and oxygen atoms in total. The Morgan fingerprint density at radius 3 is 1.31 bits per heavy atom. The highest BCUT2D eigenvalue weighted by molar-refractivity contribution is 7.97. The molecule has 0 bridgehead atoms. The second-order valence-corrected chi connectivity index (χ2v) is 12.8. The molecule has 8 heteroatoms. The van der Waals surface area contributed by atoms with Crippen molar-refractivity contribution in [2.24, 2.45) is 0 Å². The van der Waals surface area contributed by atoms with Gasteiger partial charge in [0.2, 0.25) is 0 Å². The van der Waals surface area contributed by atoms with Crippen molar-refractivity contribution in [3.63, 3.8) is 0 Å². The minimum atomic E-state index is -6.09. The SMILES string of the molecule is CCCCCCc1ccc([S+](c2ccccc2)c2ccc(CCCCCC)cc2)cc1.O=S(=O)([O-])C(F)(F)F. The van der Waals surface area contributed by atoms with Crippen LogP contribution in [-0.2, 0) is 33.9 Å². The first-order chi connectivity index (χ1) is 18.6. The maximum absolute atomic E-state index is 10.7. The van der Waals surface area contributed by atoms with Gasteiger partial charge in [-0.3, -0.25) is 0 Å². The van der Waals surface area contributed by atoms with Gasteiger partial charge in [0.1, 0.15) is 0 Å². The molecule has 214 valence electrons. The molecule has 0 atom stereocenters. The number of halogens is 3. The maximum atomic E-state index is 10.7. The molecule has 0 aliphatic carbocycles. The largest absolute Gasteiger partial charge is 0.741 e. The van der Waals surface area contributed by atoms with Gasteiger partial charge in [0.25, 0.3) is 0 Å². The van der Waals surface area contributed by atoms with Gasteiger partial charge in [-0.1, -0.05) is 94.8 Å². The number of aryl methyl sites for hydroxylation is 2. The number of benzene rings is 3. The van der Waals surface area contributed by atoms with Crippen LogP contribution in [0.5, 0.6) is 0 Å². The molecule has 0 aliphatic heterocycles. The van der Waals surface area contributed by atoms with E-state index in [1.54, 1.807) is 0 Å². The topological polar surface area (TPSA) is 57.2 Å². The van der Waals surface area contributed by atoms with Gasteiger partial charge in [-0.05, 0) is 73.2 Å². The molecule has 39 heavy (non-hydrogen) atoms. The third-order valence-electron chi connectivity index (χ3n) is 6.22. The van der Waals surface area contributed by atoms with Crippen LogP contribution in [0.4, 0.5) is 13.2 Å². The zero-order chi connectivity index (χ0) is 28.7.